The zero-order valence-electron chi connectivity index (χ0n) is 13.0. The summed E-state index contributed by atoms with van der Waals surface area (Å²) in [5.41, 5.74) is 2.41. The number of H-pyrrole nitrogens is 1. The summed E-state index contributed by atoms with van der Waals surface area (Å²) in [6.45, 7) is 3.61. The molecule has 0 amide bonds. The fraction of sp³-hybridized carbons (Fsp3) is 0.222. The van der Waals surface area contributed by atoms with Gasteiger partial charge in [-0.25, -0.2) is 4.98 Å². The van der Waals surface area contributed by atoms with E-state index in [1.807, 2.05) is 42.6 Å². The maximum Gasteiger partial charge on any atom is 0.158 e. The van der Waals surface area contributed by atoms with Crippen molar-refractivity contribution in [2.45, 2.75) is 25.7 Å². The van der Waals surface area contributed by atoms with Gasteiger partial charge in [0, 0.05) is 23.3 Å². The van der Waals surface area contributed by atoms with Crippen LogP contribution in [0.1, 0.15) is 26.0 Å². The van der Waals surface area contributed by atoms with Crippen LogP contribution in [0, 0.1) is 11.3 Å². The maximum atomic E-state index is 12.2. The SMILES string of the molecule is CC(C)(C(=O)CC#N)c1cccc(-c2ccnc3[nH]ccc23)n1. The molecule has 0 spiro atoms. The van der Waals surface area contributed by atoms with Crippen molar-refractivity contribution < 1.29 is 4.79 Å². The second kappa shape index (κ2) is 5.65. The minimum Gasteiger partial charge on any atom is -0.346 e. The van der Waals surface area contributed by atoms with E-state index in [0.717, 1.165) is 22.3 Å². The monoisotopic (exact) mass is 304 g/mol. The topological polar surface area (TPSA) is 82.4 Å². The zero-order chi connectivity index (χ0) is 16.4. The molecule has 0 saturated carbocycles. The van der Waals surface area contributed by atoms with Crippen LogP contribution < -0.4 is 0 Å². The second-order valence-electron chi connectivity index (χ2n) is 5.89. The molecule has 5 nitrogen and oxygen atoms in total. The average molecular weight is 304 g/mol. The average Bonchev–Trinajstić information content (AvgIpc) is 3.03. The summed E-state index contributed by atoms with van der Waals surface area (Å²) in [5.74, 6) is -0.133. The summed E-state index contributed by atoms with van der Waals surface area (Å²) in [7, 11) is 0. The standard InChI is InChI=1S/C18H16N4O/c1-18(2,16(23)6-9-19)15-5-3-4-14(22-15)12-7-10-20-17-13(12)8-11-21-17/h3-5,7-8,10-11H,6H2,1-2H3,(H,20,21). The summed E-state index contributed by atoms with van der Waals surface area (Å²) in [6, 6.07) is 11.4. The van der Waals surface area contributed by atoms with Gasteiger partial charge in [-0.15, -0.1) is 0 Å². The molecule has 3 aromatic rings. The van der Waals surface area contributed by atoms with Crippen molar-refractivity contribution in [3.63, 3.8) is 0 Å². The third kappa shape index (κ3) is 2.59. The molecule has 0 bridgehead atoms. The number of pyridine rings is 2. The van der Waals surface area contributed by atoms with Crippen molar-refractivity contribution in [3.8, 4) is 17.3 Å². The molecule has 0 saturated heterocycles. The Hall–Kier alpha value is -3.00. The number of carbonyl (C=O) groups excluding carboxylic acids is 1. The lowest BCUT2D eigenvalue weighted by Crippen LogP contribution is -2.29. The molecule has 0 aliphatic rings. The number of ketones is 1. The summed E-state index contributed by atoms with van der Waals surface area (Å²) in [5, 5.41) is 9.76. The van der Waals surface area contributed by atoms with E-state index in [-0.39, 0.29) is 12.2 Å². The molecule has 0 fully saturated rings. The van der Waals surface area contributed by atoms with E-state index >= 15 is 0 Å². The quantitative estimate of drug-likeness (QED) is 0.801. The molecule has 114 valence electrons. The highest BCUT2D eigenvalue weighted by molar-refractivity contribution is 5.93. The van der Waals surface area contributed by atoms with Crippen molar-refractivity contribution in [3.05, 3.63) is 48.4 Å². The number of Topliss-reactive ketones (excluding diaryl/α,β-unsaturated/α-hetero) is 1. The molecule has 5 heteroatoms. The van der Waals surface area contributed by atoms with Gasteiger partial charge in [-0.05, 0) is 38.1 Å². The highest BCUT2D eigenvalue weighted by atomic mass is 16.1. The third-order valence-corrected chi connectivity index (χ3v) is 4.06. The first-order valence-electron chi connectivity index (χ1n) is 7.34. The predicted octanol–water partition coefficient (Wildman–Crippen LogP) is 3.39. The molecule has 3 rings (SSSR count). The Morgan fingerprint density at radius 3 is 2.91 bits per heavy atom. The molecule has 0 aromatic carbocycles. The lowest BCUT2D eigenvalue weighted by molar-refractivity contribution is -0.122. The summed E-state index contributed by atoms with van der Waals surface area (Å²) in [6.07, 6.45) is 3.45. The van der Waals surface area contributed by atoms with Crippen LogP contribution in [0.2, 0.25) is 0 Å². The number of aromatic amines is 1. The van der Waals surface area contributed by atoms with Gasteiger partial charge in [-0.3, -0.25) is 9.78 Å². The van der Waals surface area contributed by atoms with Gasteiger partial charge in [0.05, 0.1) is 29.3 Å². The molecule has 0 aliphatic heterocycles. The Kier molecular flexibility index (Phi) is 3.67. The number of nitrogens with one attached hydrogen (secondary N) is 1. The normalized spacial score (nSPS) is 11.3. The zero-order valence-corrected chi connectivity index (χ0v) is 13.0. The Labute approximate surface area is 134 Å². The van der Waals surface area contributed by atoms with Crippen LogP contribution in [0.4, 0.5) is 0 Å². The first-order chi connectivity index (χ1) is 11.0. The Balaban J connectivity index is 2.09. The van der Waals surface area contributed by atoms with Crippen molar-refractivity contribution in [2.24, 2.45) is 0 Å². The minimum atomic E-state index is -0.796. The van der Waals surface area contributed by atoms with Gasteiger partial charge in [0.15, 0.2) is 5.78 Å². The molecule has 3 aromatic heterocycles. The van der Waals surface area contributed by atoms with Crippen LogP contribution in [0.5, 0.6) is 0 Å². The highest BCUT2D eigenvalue weighted by Crippen LogP contribution is 2.29. The van der Waals surface area contributed by atoms with Gasteiger partial charge in [0.25, 0.3) is 0 Å². The van der Waals surface area contributed by atoms with Crippen molar-refractivity contribution in [2.75, 3.05) is 0 Å². The van der Waals surface area contributed by atoms with Crippen LogP contribution in [-0.2, 0) is 10.2 Å². The van der Waals surface area contributed by atoms with E-state index in [2.05, 4.69) is 15.0 Å². The smallest absolute Gasteiger partial charge is 0.158 e. The van der Waals surface area contributed by atoms with Gasteiger partial charge in [-0.2, -0.15) is 5.26 Å². The molecule has 3 heterocycles. The van der Waals surface area contributed by atoms with Gasteiger partial charge in [-0.1, -0.05) is 6.07 Å². The van der Waals surface area contributed by atoms with Gasteiger partial charge < -0.3 is 4.98 Å². The minimum absolute atomic E-state index is 0.115. The van der Waals surface area contributed by atoms with E-state index in [1.54, 1.807) is 20.0 Å². The van der Waals surface area contributed by atoms with Crippen LogP contribution in [0.15, 0.2) is 42.7 Å². The van der Waals surface area contributed by atoms with Crippen molar-refractivity contribution in [1.29, 1.82) is 5.26 Å². The molecular weight excluding hydrogens is 288 g/mol. The number of aromatic nitrogens is 3. The number of carbonyl (C=O) groups is 1. The molecule has 23 heavy (non-hydrogen) atoms. The number of fused-ring (bicyclic) bond motifs is 1. The molecular formula is C18H16N4O. The Bertz CT molecular complexity index is 918. The van der Waals surface area contributed by atoms with Crippen LogP contribution in [0.3, 0.4) is 0 Å². The summed E-state index contributed by atoms with van der Waals surface area (Å²) in [4.78, 5) is 24.2. The maximum absolute atomic E-state index is 12.2. The number of hydrogen-bond donors (Lipinski definition) is 1. The molecule has 1 N–H and O–H groups in total. The van der Waals surface area contributed by atoms with E-state index < -0.39 is 5.41 Å². The van der Waals surface area contributed by atoms with Crippen molar-refractivity contribution >= 4 is 16.8 Å². The molecule has 0 atom stereocenters. The Morgan fingerprint density at radius 2 is 2.13 bits per heavy atom. The summed E-state index contributed by atoms with van der Waals surface area (Å²) >= 11 is 0. The second-order valence-corrected chi connectivity index (χ2v) is 5.89. The fourth-order valence-electron chi connectivity index (χ4n) is 2.55. The molecule has 0 aliphatic carbocycles. The van der Waals surface area contributed by atoms with Crippen LogP contribution in [0.25, 0.3) is 22.3 Å². The summed E-state index contributed by atoms with van der Waals surface area (Å²) < 4.78 is 0. The number of nitriles is 1. The molecule has 0 radical (unpaired) electrons. The fourth-order valence-corrected chi connectivity index (χ4v) is 2.55. The number of rotatable bonds is 4. The largest absolute Gasteiger partial charge is 0.346 e. The van der Waals surface area contributed by atoms with Crippen molar-refractivity contribution in [1.82, 2.24) is 15.0 Å². The van der Waals surface area contributed by atoms with E-state index in [4.69, 9.17) is 5.26 Å². The van der Waals surface area contributed by atoms with E-state index in [9.17, 15) is 4.79 Å². The van der Waals surface area contributed by atoms with Crippen LogP contribution in [-0.4, -0.2) is 20.7 Å². The highest BCUT2D eigenvalue weighted by Gasteiger charge is 2.30. The molecule has 0 unspecified atom stereocenters. The number of nitrogens with zero attached hydrogens (tertiary/aromatic N) is 3. The van der Waals surface area contributed by atoms with E-state index in [1.165, 1.54) is 0 Å². The Morgan fingerprint density at radius 1 is 1.30 bits per heavy atom. The lowest BCUT2D eigenvalue weighted by atomic mass is 9.82. The first kappa shape index (κ1) is 14.9. The van der Waals surface area contributed by atoms with E-state index in [0.29, 0.717) is 5.69 Å². The van der Waals surface area contributed by atoms with Gasteiger partial charge >= 0.3 is 0 Å². The lowest BCUT2D eigenvalue weighted by Gasteiger charge is -2.22. The van der Waals surface area contributed by atoms with Gasteiger partial charge in [0.2, 0.25) is 0 Å². The third-order valence-electron chi connectivity index (χ3n) is 4.06. The van der Waals surface area contributed by atoms with Crippen LogP contribution >= 0.6 is 0 Å². The predicted molar refractivity (Wildman–Crippen MR) is 87.6 cm³/mol. The first-order valence-corrected chi connectivity index (χ1v) is 7.34. The van der Waals surface area contributed by atoms with Gasteiger partial charge in [0.1, 0.15) is 5.65 Å². The number of hydrogen-bond acceptors (Lipinski definition) is 4.